The lowest BCUT2D eigenvalue weighted by molar-refractivity contribution is -0.384. The molecule has 0 radical (unpaired) electrons. The van der Waals surface area contributed by atoms with Crippen molar-refractivity contribution in [3.8, 4) is 28.8 Å². The highest BCUT2D eigenvalue weighted by atomic mass is 32.2. The summed E-state index contributed by atoms with van der Waals surface area (Å²) >= 11 is 0. The van der Waals surface area contributed by atoms with Gasteiger partial charge in [-0.3, -0.25) is 14.9 Å². The van der Waals surface area contributed by atoms with Crippen LogP contribution in [0.3, 0.4) is 0 Å². The van der Waals surface area contributed by atoms with Gasteiger partial charge in [0, 0.05) is 24.0 Å². The zero-order chi connectivity index (χ0) is 25.4. The van der Waals surface area contributed by atoms with Crippen molar-refractivity contribution in [3.63, 3.8) is 0 Å². The number of esters is 1. The number of nitrogens with zero attached hydrogens (tertiary/aromatic N) is 3. The van der Waals surface area contributed by atoms with Crippen molar-refractivity contribution >= 4 is 21.8 Å². The van der Waals surface area contributed by atoms with Gasteiger partial charge in [0.05, 0.1) is 16.2 Å². The molecular weight excluding hydrogens is 471 g/mol. The highest BCUT2D eigenvalue weighted by Gasteiger charge is 2.49. The van der Waals surface area contributed by atoms with E-state index in [0.29, 0.717) is 0 Å². The summed E-state index contributed by atoms with van der Waals surface area (Å²) in [6.45, 7) is 5.81. The van der Waals surface area contributed by atoms with E-state index in [1.165, 1.54) is 12.1 Å². The topological polar surface area (TPSA) is 149 Å². The first-order valence-electron chi connectivity index (χ1n) is 8.91. The van der Waals surface area contributed by atoms with Crippen LogP contribution in [0.1, 0.15) is 39.0 Å². The predicted octanol–water partition coefficient (Wildman–Crippen LogP) is 3.98. The highest BCUT2D eigenvalue weighted by molar-refractivity contribution is 7.87. The molecule has 0 saturated carbocycles. The quantitative estimate of drug-likeness (QED) is 0.152. The third-order valence-electron chi connectivity index (χ3n) is 4.06. The maximum atomic E-state index is 12.9. The minimum atomic E-state index is -6.21. The van der Waals surface area contributed by atoms with Gasteiger partial charge in [-0.25, -0.2) is 4.98 Å². The van der Waals surface area contributed by atoms with Crippen LogP contribution in [0.2, 0.25) is 0 Å². The number of carbonyl (C=O) groups excluding carboxylic acids is 1. The molecule has 0 unspecified atom stereocenters. The second-order valence-electron chi connectivity index (χ2n) is 7.61. The van der Waals surface area contributed by atoms with Crippen LogP contribution in [0.15, 0.2) is 24.3 Å². The van der Waals surface area contributed by atoms with E-state index in [2.05, 4.69) is 9.17 Å². The second kappa shape index (κ2) is 8.66. The van der Waals surface area contributed by atoms with Crippen molar-refractivity contribution in [2.24, 2.45) is 0 Å². The van der Waals surface area contributed by atoms with Crippen LogP contribution in [-0.4, -0.2) is 29.8 Å². The van der Waals surface area contributed by atoms with Crippen molar-refractivity contribution in [1.82, 2.24) is 4.98 Å². The van der Waals surface area contributed by atoms with Gasteiger partial charge in [-0.2, -0.15) is 26.9 Å². The molecule has 14 heteroatoms. The molecule has 0 spiro atoms. The van der Waals surface area contributed by atoms with Crippen LogP contribution in [0.5, 0.6) is 11.6 Å². The Morgan fingerprint density at radius 1 is 1.18 bits per heavy atom. The third kappa shape index (κ3) is 5.55. The molecule has 1 aromatic heterocycles. The highest BCUT2D eigenvalue weighted by Crippen LogP contribution is 2.40. The molecule has 0 bridgehead atoms. The molecule has 10 nitrogen and oxygen atoms in total. The van der Waals surface area contributed by atoms with Gasteiger partial charge in [0.1, 0.15) is 17.4 Å². The summed E-state index contributed by atoms with van der Waals surface area (Å²) in [6.07, 6.45) is 0. The molecule has 33 heavy (non-hydrogen) atoms. The molecule has 0 fully saturated rings. The zero-order valence-corrected chi connectivity index (χ0v) is 18.4. The van der Waals surface area contributed by atoms with Crippen molar-refractivity contribution in [3.05, 3.63) is 45.6 Å². The number of nitro benzene ring substituents is 1. The summed E-state index contributed by atoms with van der Waals surface area (Å²) in [7, 11) is -6.21. The number of aromatic nitrogens is 1. The molecule has 2 aromatic rings. The van der Waals surface area contributed by atoms with E-state index in [4.69, 9.17) is 4.74 Å². The Morgan fingerprint density at radius 3 is 2.24 bits per heavy atom. The van der Waals surface area contributed by atoms with E-state index < -0.39 is 49.1 Å². The number of nitriles is 1. The minimum Gasteiger partial charge on any atom is -0.427 e. The molecule has 0 atom stereocenters. The average Bonchev–Trinajstić information content (AvgIpc) is 2.64. The van der Waals surface area contributed by atoms with Crippen LogP contribution >= 0.6 is 0 Å². The van der Waals surface area contributed by atoms with Gasteiger partial charge in [-0.15, -0.1) is 0 Å². The molecule has 0 aliphatic rings. The van der Waals surface area contributed by atoms with Crippen LogP contribution < -0.4 is 8.92 Å². The fraction of sp³-hybridized carbons (Fsp3) is 0.316. The fourth-order valence-electron chi connectivity index (χ4n) is 2.56. The predicted molar refractivity (Wildman–Crippen MR) is 107 cm³/mol. The zero-order valence-electron chi connectivity index (χ0n) is 17.6. The van der Waals surface area contributed by atoms with Gasteiger partial charge in [0.25, 0.3) is 11.6 Å². The maximum absolute atomic E-state index is 12.9. The number of alkyl halides is 3. The van der Waals surface area contributed by atoms with E-state index >= 15 is 0 Å². The number of nitro groups is 1. The lowest BCUT2D eigenvalue weighted by atomic mass is 9.88. The van der Waals surface area contributed by atoms with Crippen LogP contribution in [0, 0.1) is 21.4 Å². The van der Waals surface area contributed by atoms with Gasteiger partial charge in [0.2, 0.25) is 0 Å². The van der Waals surface area contributed by atoms with Gasteiger partial charge < -0.3 is 8.92 Å². The fourth-order valence-corrected chi connectivity index (χ4v) is 2.98. The number of hydrogen-bond acceptors (Lipinski definition) is 9. The van der Waals surface area contributed by atoms with Gasteiger partial charge in [-0.05, 0) is 18.2 Å². The molecule has 0 aliphatic carbocycles. The first kappa shape index (κ1) is 25.5. The molecule has 0 saturated heterocycles. The number of hydrogen-bond donors (Lipinski definition) is 0. The summed E-state index contributed by atoms with van der Waals surface area (Å²) in [4.78, 5) is 25.8. The smallest absolute Gasteiger partial charge is 0.427 e. The van der Waals surface area contributed by atoms with E-state index in [-0.39, 0.29) is 22.6 Å². The SMILES string of the molecule is CC(=O)Oc1ccc([N+](=O)[O-])c(-c2cc(C(C)(C)C)nc(OS(=O)(=O)C(F)(F)F)c2C#N)c1. The number of halogens is 3. The second-order valence-corrected chi connectivity index (χ2v) is 9.15. The third-order valence-corrected chi connectivity index (χ3v) is 5.00. The molecule has 0 amide bonds. The largest absolute Gasteiger partial charge is 0.534 e. The Bertz CT molecular complexity index is 1280. The van der Waals surface area contributed by atoms with Crippen molar-refractivity contribution in [2.45, 2.75) is 38.6 Å². The summed E-state index contributed by atoms with van der Waals surface area (Å²) in [5, 5.41) is 21.2. The van der Waals surface area contributed by atoms with Crippen LogP contribution in [-0.2, 0) is 20.3 Å². The summed E-state index contributed by atoms with van der Waals surface area (Å²) in [5.74, 6) is -2.13. The summed E-state index contributed by atoms with van der Waals surface area (Å²) in [6, 6.07) is 5.76. The molecule has 0 N–H and O–H groups in total. The van der Waals surface area contributed by atoms with Gasteiger partial charge in [-0.1, -0.05) is 20.8 Å². The van der Waals surface area contributed by atoms with Crippen molar-refractivity contribution in [2.75, 3.05) is 0 Å². The number of ether oxygens (including phenoxy) is 1. The van der Waals surface area contributed by atoms with E-state index in [9.17, 15) is 41.8 Å². The Hall–Kier alpha value is -3.73. The maximum Gasteiger partial charge on any atom is 0.534 e. The standard InChI is InChI=1S/C19H16F3N3O7S/c1-10(26)31-11-5-6-15(25(27)28)13(7-11)12-8-16(18(2,3)4)24-17(14(12)9-23)32-33(29,30)19(20,21)22/h5-8H,1-4H3. The van der Waals surface area contributed by atoms with Gasteiger partial charge >= 0.3 is 21.6 Å². The van der Waals surface area contributed by atoms with Crippen molar-refractivity contribution < 1.29 is 40.2 Å². The Balaban J connectivity index is 2.96. The summed E-state index contributed by atoms with van der Waals surface area (Å²) < 4.78 is 70.9. The van der Waals surface area contributed by atoms with Crippen molar-refractivity contribution in [1.29, 1.82) is 5.26 Å². The number of carbonyl (C=O) groups is 1. The molecule has 2 rings (SSSR count). The monoisotopic (exact) mass is 487 g/mol. The Labute approximate surface area is 185 Å². The molecular formula is C19H16F3N3O7S. The first-order valence-corrected chi connectivity index (χ1v) is 10.3. The van der Waals surface area contributed by atoms with E-state index in [1.807, 2.05) is 0 Å². The molecule has 1 heterocycles. The molecule has 1 aromatic carbocycles. The summed E-state index contributed by atoms with van der Waals surface area (Å²) in [5.41, 5.74) is -8.85. The van der Waals surface area contributed by atoms with E-state index in [1.54, 1.807) is 20.8 Å². The average molecular weight is 487 g/mol. The normalized spacial score (nSPS) is 12.1. The lowest BCUT2D eigenvalue weighted by Crippen LogP contribution is -2.29. The number of rotatable bonds is 5. The van der Waals surface area contributed by atoms with E-state index in [0.717, 1.165) is 25.1 Å². The Morgan fingerprint density at radius 2 is 1.79 bits per heavy atom. The Kier molecular flexibility index (Phi) is 6.70. The number of benzene rings is 1. The molecule has 176 valence electrons. The lowest BCUT2D eigenvalue weighted by Gasteiger charge is -2.21. The van der Waals surface area contributed by atoms with Crippen LogP contribution in [0.4, 0.5) is 18.9 Å². The minimum absolute atomic E-state index is 0.0314. The molecule has 0 aliphatic heterocycles. The van der Waals surface area contributed by atoms with Gasteiger partial charge in [0.15, 0.2) is 0 Å². The van der Waals surface area contributed by atoms with Crippen LogP contribution in [0.25, 0.3) is 11.1 Å². The first-order chi connectivity index (χ1) is 15.0. The number of pyridine rings is 1.